The molecule has 0 spiro atoms. The Kier molecular flexibility index (Phi) is 4.20. The molecule has 0 aromatic carbocycles. The molecule has 102 valence electrons. The van der Waals surface area contributed by atoms with E-state index in [2.05, 4.69) is 11.6 Å². The van der Waals surface area contributed by atoms with Gasteiger partial charge >= 0.3 is 5.97 Å². The minimum atomic E-state index is -0.823. The van der Waals surface area contributed by atoms with Gasteiger partial charge in [0, 0.05) is 11.3 Å². The van der Waals surface area contributed by atoms with E-state index in [0.717, 1.165) is 25.7 Å². The van der Waals surface area contributed by atoms with Crippen LogP contribution in [0, 0.1) is 11.8 Å². The monoisotopic (exact) mass is 271 g/mol. The Morgan fingerprint density at radius 3 is 2.44 bits per heavy atom. The van der Waals surface area contributed by atoms with Gasteiger partial charge in [0.25, 0.3) is 0 Å². The van der Waals surface area contributed by atoms with Crippen LogP contribution in [0.3, 0.4) is 0 Å². The van der Waals surface area contributed by atoms with Crippen LogP contribution in [-0.2, 0) is 9.59 Å². The van der Waals surface area contributed by atoms with Gasteiger partial charge in [0.1, 0.15) is 0 Å². The highest BCUT2D eigenvalue weighted by atomic mass is 32.2. The van der Waals surface area contributed by atoms with Gasteiger partial charge in [0.2, 0.25) is 5.91 Å². The minimum Gasteiger partial charge on any atom is -0.481 e. The lowest BCUT2D eigenvalue weighted by Crippen LogP contribution is -2.47. The lowest BCUT2D eigenvalue weighted by Gasteiger charge is -2.40. The molecule has 2 aliphatic carbocycles. The molecule has 0 radical (unpaired) electrons. The SMILES string of the molecule is CSC1(CNC(=O)C2CCCC2C(=O)O)CCC1. The Morgan fingerprint density at radius 1 is 1.28 bits per heavy atom. The van der Waals surface area contributed by atoms with Crippen LogP contribution in [0.25, 0.3) is 0 Å². The summed E-state index contributed by atoms with van der Waals surface area (Å²) in [6, 6.07) is 0. The van der Waals surface area contributed by atoms with Crippen LogP contribution in [0.1, 0.15) is 38.5 Å². The summed E-state index contributed by atoms with van der Waals surface area (Å²) in [5.41, 5.74) is 0. The molecule has 2 rings (SSSR count). The first-order valence-electron chi connectivity index (χ1n) is 6.64. The summed E-state index contributed by atoms with van der Waals surface area (Å²) >= 11 is 1.82. The molecule has 0 aromatic heterocycles. The van der Waals surface area contributed by atoms with Crippen molar-refractivity contribution in [2.24, 2.45) is 11.8 Å². The maximum Gasteiger partial charge on any atom is 0.307 e. The Labute approximate surface area is 112 Å². The molecule has 4 nitrogen and oxygen atoms in total. The summed E-state index contributed by atoms with van der Waals surface area (Å²) in [7, 11) is 0. The van der Waals surface area contributed by atoms with Crippen molar-refractivity contribution in [3.63, 3.8) is 0 Å². The maximum absolute atomic E-state index is 12.1. The third-order valence-electron chi connectivity index (χ3n) is 4.45. The van der Waals surface area contributed by atoms with Crippen LogP contribution in [0.2, 0.25) is 0 Å². The molecule has 5 heteroatoms. The van der Waals surface area contributed by atoms with Gasteiger partial charge < -0.3 is 10.4 Å². The first kappa shape index (κ1) is 13.7. The first-order valence-corrected chi connectivity index (χ1v) is 7.86. The van der Waals surface area contributed by atoms with Gasteiger partial charge in [-0.3, -0.25) is 9.59 Å². The third kappa shape index (κ3) is 2.66. The molecule has 2 N–H and O–H groups in total. The van der Waals surface area contributed by atoms with Gasteiger partial charge in [-0.1, -0.05) is 12.8 Å². The van der Waals surface area contributed by atoms with Gasteiger partial charge in [0.05, 0.1) is 11.8 Å². The second-order valence-corrected chi connectivity index (χ2v) is 6.71. The zero-order valence-electron chi connectivity index (χ0n) is 10.8. The predicted molar refractivity (Wildman–Crippen MR) is 71.6 cm³/mol. The molecule has 1 amide bonds. The number of amides is 1. The molecule has 2 aliphatic rings. The van der Waals surface area contributed by atoms with E-state index < -0.39 is 11.9 Å². The van der Waals surface area contributed by atoms with Crippen molar-refractivity contribution >= 4 is 23.6 Å². The van der Waals surface area contributed by atoms with E-state index in [0.29, 0.717) is 13.0 Å². The summed E-state index contributed by atoms with van der Waals surface area (Å²) in [6.07, 6.45) is 7.83. The second-order valence-electron chi connectivity index (χ2n) is 5.44. The van der Waals surface area contributed by atoms with Crippen molar-refractivity contribution in [1.82, 2.24) is 5.32 Å². The summed E-state index contributed by atoms with van der Waals surface area (Å²) in [5, 5.41) is 12.1. The fraction of sp³-hybridized carbons (Fsp3) is 0.846. The Hall–Kier alpha value is -0.710. The van der Waals surface area contributed by atoms with Gasteiger partial charge in [0.15, 0.2) is 0 Å². The normalized spacial score (nSPS) is 29.6. The van der Waals surface area contributed by atoms with Crippen molar-refractivity contribution in [2.75, 3.05) is 12.8 Å². The molecule has 0 aromatic rings. The molecular formula is C13H21NO3S. The fourth-order valence-electron chi connectivity index (χ4n) is 2.97. The molecule has 2 saturated carbocycles. The maximum atomic E-state index is 12.1. The number of carboxylic acid groups (broad SMARTS) is 1. The smallest absolute Gasteiger partial charge is 0.307 e. The van der Waals surface area contributed by atoms with Crippen molar-refractivity contribution in [1.29, 1.82) is 0 Å². The first-order chi connectivity index (χ1) is 8.58. The zero-order chi connectivity index (χ0) is 13.2. The molecule has 2 atom stereocenters. The molecule has 2 unspecified atom stereocenters. The van der Waals surface area contributed by atoms with Crippen LogP contribution in [0.4, 0.5) is 0 Å². The average Bonchev–Trinajstić information content (AvgIpc) is 2.76. The fourth-order valence-corrected chi connectivity index (χ4v) is 3.89. The summed E-state index contributed by atoms with van der Waals surface area (Å²) in [6.45, 7) is 0.690. The van der Waals surface area contributed by atoms with E-state index in [9.17, 15) is 9.59 Å². The quantitative estimate of drug-likeness (QED) is 0.801. The predicted octanol–water partition coefficient (Wildman–Crippen LogP) is 1.89. The summed E-state index contributed by atoms with van der Waals surface area (Å²) in [4.78, 5) is 23.1. The molecule has 2 fully saturated rings. The Morgan fingerprint density at radius 2 is 1.94 bits per heavy atom. The highest BCUT2D eigenvalue weighted by Gasteiger charge is 2.40. The number of carboxylic acids is 1. The standard InChI is InChI=1S/C13H21NO3S/c1-18-13(6-3-7-13)8-14-11(15)9-4-2-5-10(9)12(16)17/h9-10H,2-8H2,1H3,(H,14,15)(H,16,17). The van der Waals surface area contributed by atoms with Crippen molar-refractivity contribution in [3.05, 3.63) is 0 Å². The average molecular weight is 271 g/mol. The lowest BCUT2D eigenvalue weighted by atomic mass is 9.84. The van der Waals surface area contributed by atoms with E-state index in [4.69, 9.17) is 5.11 Å². The van der Waals surface area contributed by atoms with Crippen molar-refractivity contribution < 1.29 is 14.7 Å². The summed E-state index contributed by atoms with van der Waals surface area (Å²) < 4.78 is 0.215. The molecule has 0 aliphatic heterocycles. The number of aliphatic carboxylic acids is 1. The van der Waals surface area contributed by atoms with Crippen LogP contribution in [0.15, 0.2) is 0 Å². The molecule has 0 bridgehead atoms. The van der Waals surface area contributed by atoms with Crippen molar-refractivity contribution in [3.8, 4) is 0 Å². The number of nitrogens with one attached hydrogen (secondary N) is 1. The largest absolute Gasteiger partial charge is 0.481 e. The van der Waals surface area contributed by atoms with E-state index >= 15 is 0 Å². The zero-order valence-corrected chi connectivity index (χ0v) is 11.6. The number of thioether (sulfide) groups is 1. The highest BCUT2D eigenvalue weighted by Crippen LogP contribution is 2.42. The highest BCUT2D eigenvalue weighted by molar-refractivity contribution is 8.00. The lowest BCUT2D eigenvalue weighted by molar-refractivity contribution is -0.146. The van der Waals surface area contributed by atoms with Gasteiger partial charge in [-0.05, 0) is 31.9 Å². The third-order valence-corrected chi connectivity index (χ3v) is 5.87. The Bertz CT molecular complexity index is 336. The topological polar surface area (TPSA) is 66.4 Å². The van der Waals surface area contributed by atoms with Crippen LogP contribution >= 0.6 is 11.8 Å². The summed E-state index contributed by atoms with van der Waals surface area (Å²) in [5.74, 6) is -1.67. The van der Waals surface area contributed by atoms with E-state index in [1.807, 2.05) is 11.8 Å². The Balaban J connectivity index is 1.86. The van der Waals surface area contributed by atoms with Gasteiger partial charge in [-0.15, -0.1) is 0 Å². The number of hydrogen-bond acceptors (Lipinski definition) is 3. The van der Waals surface area contributed by atoms with Crippen LogP contribution < -0.4 is 5.32 Å². The number of carbonyl (C=O) groups excluding carboxylic acids is 1. The van der Waals surface area contributed by atoms with E-state index in [-0.39, 0.29) is 16.6 Å². The van der Waals surface area contributed by atoms with Crippen LogP contribution in [0.5, 0.6) is 0 Å². The molecular weight excluding hydrogens is 250 g/mol. The van der Waals surface area contributed by atoms with Gasteiger partial charge in [-0.25, -0.2) is 0 Å². The van der Waals surface area contributed by atoms with Gasteiger partial charge in [-0.2, -0.15) is 11.8 Å². The van der Waals surface area contributed by atoms with E-state index in [1.165, 1.54) is 6.42 Å². The molecule has 18 heavy (non-hydrogen) atoms. The van der Waals surface area contributed by atoms with Crippen molar-refractivity contribution in [2.45, 2.75) is 43.3 Å². The minimum absolute atomic E-state index is 0.0553. The van der Waals surface area contributed by atoms with E-state index in [1.54, 1.807) is 0 Å². The number of carbonyl (C=O) groups is 2. The molecule has 0 saturated heterocycles. The van der Waals surface area contributed by atoms with Crippen LogP contribution in [-0.4, -0.2) is 34.5 Å². The second kappa shape index (κ2) is 5.51. The number of hydrogen-bond donors (Lipinski definition) is 2. The molecule has 0 heterocycles. The number of rotatable bonds is 5.